The Kier molecular flexibility index (Phi) is 3.79. The normalized spacial score (nSPS) is 10.5. The maximum Gasteiger partial charge on any atom is 0.227 e. The van der Waals surface area contributed by atoms with Crippen molar-refractivity contribution in [2.24, 2.45) is 5.92 Å². The van der Waals surface area contributed by atoms with Gasteiger partial charge in [-0.25, -0.2) is 8.78 Å². The Balaban J connectivity index is 3.00. The van der Waals surface area contributed by atoms with Crippen LogP contribution in [0.2, 0.25) is 0 Å². The highest BCUT2D eigenvalue weighted by Gasteiger charge is 2.15. The van der Waals surface area contributed by atoms with Crippen LogP contribution in [-0.2, 0) is 4.79 Å². The van der Waals surface area contributed by atoms with Crippen molar-refractivity contribution in [2.75, 3.05) is 5.32 Å². The largest absolute Gasteiger partial charge is 0.321 e. The molecule has 0 unspecified atom stereocenters. The molecule has 0 heterocycles. The fraction of sp³-hybridized carbons (Fsp3) is 0.300. The molecule has 0 atom stereocenters. The van der Waals surface area contributed by atoms with E-state index in [2.05, 4.69) is 21.2 Å². The highest BCUT2D eigenvalue weighted by atomic mass is 79.9. The number of carbonyl (C=O) groups excluding carboxylic acids is 1. The molecule has 82 valence electrons. The third-order valence-corrected chi connectivity index (χ3v) is 2.24. The predicted molar refractivity (Wildman–Crippen MR) is 57.5 cm³/mol. The maximum absolute atomic E-state index is 13.3. The quantitative estimate of drug-likeness (QED) is 0.883. The van der Waals surface area contributed by atoms with E-state index in [-0.39, 0.29) is 5.92 Å². The van der Waals surface area contributed by atoms with Gasteiger partial charge in [0.1, 0.15) is 5.69 Å². The molecule has 1 N–H and O–H groups in total. The van der Waals surface area contributed by atoms with Crippen LogP contribution in [0.4, 0.5) is 14.5 Å². The first-order valence-corrected chi connectivity index (χ1v) is 5.16. The monoisotopic (exact) mass is 277 g/mol. The molecule has 1 aromatic carbocycles. The summed E-state index contributed by atoms with van der Waals surface area (Å²) in [5.41, 5.74) is -0.406. The van der Waals surface area contributed by atoms with Crippen LogP contribution in [0.5, 0.6) is 0 Å². The first-order valence-electron chi connectivity index (χ1n) is 4.37. The Hall–Kier alpha value is -0.970. The Morgan fingerprint density at radius 2 is 1.80 bits per heavy atom. The van der Waals surface area contributed by atoms with Crippen LogP contribution in [0.1, 0.15) is 13.8 Å². The van der Waals surface area contributed by atoms with E-state index in [4.69, 9.17) is 0 Å². The number of nitrogens with one attached hydrogen (secondary N) is 1. The van der Waals surface area contributed by atoms with Crippen molar-refractivity contribution in [1.29, 1.82) is 0 Å². The smallest absolute Gasteiger partial charge is 0.227 e. The molecule has 0 saturated carbocycles. The number of hydrogen-bond acceptors (Lipinski definition) is 1. The van der Waals surface area contributed by atoms with Crippen molar-refractivity contribution in [3.05, 3.63) is 28.2 Å². The van der Waals surface area contributed by atoms with Gasteiger partial charge in [-0.15, -0.1) is 0 Å². The van der Waals surface area contributed by atoms with Crippen LogP contribution in [-0.4, -0.2) is 5.91 Å². The summed E-state index contributed by atoms with van der Waals surface area (Å²) in [6.07, 6.45) is 0. The van der Waals surface area contributed by atoms with Gasteiger partial charge >= 0.3 is 0 Å². The van der Waals surface area contributed by atoms with Gasteiger partial charge in [0.25, 0.3) is 0 Å². The number of anilines is 1. The minimum Gasteiger partial charge on any atom is -0.321 e. The molecule has 0 bridgehead atoms. The summed E-state index contributed by atoms with van der Waals surface area (Å²) >= 11 is 2.95. The molecular formula is C10H10BrF2NO. The zero-order valence-corrected chi connectivity index (χ0v) is 9.86. The average Bonchev–Trinajstić information content (AvgIpc) is 2.10. The van der Waals surface area contributed by atoms with Gasteiger partial charge in [-0.3, -0.25) is 4.79 Å². The summed E-state index contributed by atoms with van der Waals surface area (Å²) in [5, 5.41) is 2.20. The van der Waals surface area contributed by atoms with Crippen LogP contribution in [0, 0.1) is 17.6 Å². The van der Waals surface area contributed by atoms with Gasteiger partial charge in [-0.05, 0) is 12.1 Å². The van der Waals surface area contributed by atoms with E-state index >= 15 is 0 Å². The zero-order valence-electron chi connectivity index (χ0n) is 8.27. The zero-order chi connectivity index (χ0) is 11.6. The Morgan fingerprint density at radius 3 is 2.20 bits per heavy atom. The molecule has 1 rings (SSSR count). The first-order chi connectivity index (χ1) is 6.91. The third-order valence-electron chi connectivity index (χ3n) is 1.78. The molecule has 0 radical (unpaired) electrons. The van der Waals surface area contributed by atoms with E-state index in [0.29, 0.717) is 4.47 Å². The van der Waals surface area contributed by atoms with E-state index in [0.717, 1.165) is 12.1 Å². The Morgan fingerprint density at radius 1 is 1.33 bits per heavy atom. The van der Waals surface area contributed by atoms with Crippen molar-refractivity contribution >= 4 is 27.5 Å². The highest BCUT2D eigenvalue weighted by molar-refractivity contribution is 9.10. The molecule has 0 saturated heterocycles. The second-order valence-corrected chi connectivity index (χ2v) is 4.30. The fourth-order valence-corrected chi connectivity index (χ4v) is 1.33. The number of amides is 1. The molecule has 0 aliphatic carbocycles. The van der Waals surface area contributed by atoms with E-state index in [1.165, 1.54) is 0 Å². The van der Waals surface area contributed by atoms with Crippen molar-refractivity contribution in [3.63, 3.8) is 0 Å². The van der Waals surface area contributed by atoms with Gasteiger partial charge in [0, 0.05) is 10.4 Å². The fourth-order valence-electron chi connectivity index (χ4n) is 0.929. The minimum atomic E-state index is -0.795. The van der Waals surface area contributed by atoms with Crippen molar-refractivity contribution in [1.82, 2.24) is 0 Å². The van der Waals surface area contributed by atoms with Crippen LogP contribution in [0.3, 0.4) is 0 Å². The van der Waals surface area contributed by atoms with Crippen molar-refractivity contribution < 1.29 is 13.6 Å². The van der Waals surface area contributed by atoms with Gasteiger partial charge in [0.15, 0.2) is 11.6 Å². The van der Waals surface area contributed by atoms with Crippen molar-refractivity contribution in [3.8, 4) is 0 Å². The van der Waals surface area contributed by atoms with Gasteiger partial charge < -0.3 is 5.32 Å². The number of rotatable bonds is 2. The summed E-state index contributed by atoms with van der Waals surface area (Å²) in [4.78, 5) is 11.2. The Labute approximate surface area is 94.8 Å². The number of hydrogen-bond donors (Lipinski definition) is 1. The molecule has 0 aliphatic heterocycles. The average molecular weight is 278 g/mol. The molecule has 15 heavy (non-hydrogen) atoms. The lowest BCUT2D eigenvalue weighted by Gasteiger charge is -2.09. The van der Waals surface area contributed by atoms with E-state index < -0.39 is 23.2 Å². The Bertz CT molecular complexity index is 370. The van der Waals surface area contributed by atoms with Crippen LogP contribution < -0.4 is 5.32 Å². The topological polar surface area (TPSA) is 29.1 Å². The molecule has 0 aliphatic rings. The SMILES string of the molecule is CC(C)C(=O)Nc1c(F)cc(Br)cc1F. The number of carbonyl (C=O) groups is 1. The van der Waals surface area contributed by atoms with E-state index in [1.54, 1.807) is 13.8 Å². The number of benzene rings is 1. The molecule has 1 aromatic rings. The minimum absolute atomic E-state index is 0.292. The first kappa shape index (κ1) is 12.1. The highest BCUT2D eigenvalue weighted by Crippen LogP contribution is 2.24. The van der Waals surface area contributed by atoms with Gasteiger partial charge in [0.05, 0.1) is 0 Å². The molecule has 0 spiro atoms. The van der Waals surface area contributed by atoms with Gasteiger partial charge in [-0.2, -0.15) is 0 Å². The lowest BCUT2D eigenvalue weighted by Crippen LogP contribution is -2.19. The predicted octanol–water partition coefficient (Wildman–Crippen LogP) is 3.32. The van der Waals surface area contributed by atoms with Gasteiger partial charge in [-0.1, -0.05) is 29.8 Å². The standard InChI is InChI=1S/C10H10BrF2NO/c1-5(2)10(15)14-9-7(12)3-6(11)4-8(9)13/h3-5H,1-2H3,(H,14,15). The summed E-state index contributed by atoms with van der Waals surface area (Å²) < 4.78 is 26.8. The lowest BCUT2D eigenvalue weighted by atomic mass is 10.2. The summed E-state index contributed by atoms with van der Waals surface area (Å²) in [6, 6.07) is 2.19. The molecule has 0 aromatic heterocycles. The molecule has 0 fully saturated rings. The second-order valence-electron chi connectivity index (χ2n) is 3.39. The van der Waals surface area contributed by atoms with Gasteiger partial charge in [0.2, 0.25) is 5.91 Å². The van der Waals surface area contributed by atoms with Crippen LogP contribution in [0.25, 0.3) is 0 Å². The number of halogens is 3. The summed E-state index contributed by atoms with van der Waals surface area (Å²) in [7, 11) is 0. The molecule has 1 amide bonds. The van der Waals surface area contributed by atoms with Crippen molar-refractivity contribution in [2.45, 2.75) is 13.8 Å². The van der Waals surface area contributed by atoms with Crippen LogP contribution >= 0.6 is 15.9 Å². The summed E-state index contributed by atoms with van der Waals surface area (Å²) in [6.45, 7) is 3.29. The maximum atomic E-state index is 13.3. The summed E-state index contributed by atoms with van der Waals surface area (Å²) in [5.74, 6) is -2.34. The van der Waals surface area contributed by atoms with E-state index in [9.17, 15) is 13.6 Å². The molecule has 5 heteroatoms. The molecular weight excluding hydrogens is 268 g/mol. The molecule has 2 nitrogen and oxygen atoms in total. The van der Waals surface area contributed by atoms with Crippen LogP contribution in [0.15, 0.2) is 16.6 Å². The lowest BCUT2D eigenvalue weighted by molar-refractivity contribution is -0.118. The van der Waals surface area contributed by atoms with E-state index in [1.807, 2.05) is 0 Å². The third kappa shape index (κ3) is 2.99. The second kappa shape index (κ2) is 4.70.